The highest BCUT2D eigenvalue weighted by Crippen LogP contribution is 2.26. The first-order chi connectivity index (χ1) is 15.9. The maximum atomic E-state index is 13.4. The molecule has 1 amide bonds. The second-order valence-electron chi connectivity index (χ2n) is 8.02. The van der Waals surface area contributed by atoms with Crippen LogP contribution in [-0.4, -0.2) is 23.1 Å². The molecule has 0 N–H and O–H groups in total. The number of nitrogens with zero attached hydrogens (tertiary/aromatic N) is 2. The number of hydrogen-bond acceptors (Lipinski definition) is 4. The van der Waals surface area contributed by atoms with Gasteiger partial charge in [-0.05, 0) is 61.4 Å². The van der Waals surface area contributed by atoms with Gasteiger partial charge in [-0.15, -0.1) is 0 Å². The third-order valence-corrected chi connectivity index (χ3v) is 5.47. The number of hydrogen-bond donors (Lipinski definition) is 0. The Hall–Kier alpha value is -3.93. The molecular formula is C27H25FN2O3. The summed E-state index contributed by atoms with van der Waals surface area (Å²) < 4.78 is 24.2. The Morgan fingerprint density at radius 1 is 0.970 bits per heavy atom. The van der Waals surface area contributed by atoms with E-state index in [0.29, 0.717) is 29.3 Å². The van der Waals surface area contributed by atoms with Crippen LogP contribution in [0.4, 0.5) is 4.39 Å². The first-order valence-corrected chi connectivity index (χ1v) is 10.6. The van der Waals surface area contributed by atoms with Crippen LogP contribution in [0.25, 0.3) is 11.3 Å². The van der Waals surface area contributed by atoms with Crippen LogP contribution in [0.1, 0.15) is 32.7 Å². The minimum Gasteiger partial charge on any atom is -0.497 e. The van der Waals surface area contributed by atoms with Crippen LogP contribution in [0.15, 0.2) is 77.3 Å². The van der Waals surface area contributed by atoms with Crippen molar-refractivity contribution >= 4 is 5.91 Å². The van der Waals surface area contributed by atoms with Gasteiger partial charge in [0.2, 0.25) is 0 Å². The largest absolute Gasteiger partial charge is 0.497 e. The summed E-state index contributed by atoms with van der Waals surface area (Å²) in [6, 6.07) is 21.1. The van der Waals surface area contributed by atoms with E-state index in [1.165, 1.54) is 17.7 Å². The van der Waals surface area contributed by atoms with Gasteiger partial charge in [-0.1, -0.05) is 41.1 Å². The Labute approximate surface area is 192 Å². The van der Waals surface area contributed by atoms with E-state index >= 15 is 0 Å². The molecule has 0 bridgehead atoms. The van der Waals surface area contributed by atoms with Gasteiger partial charge in [-0.2, -0.15) is 0 Å². The molecule has 168 valence electrons. The fraction of sp³-hybridized carbons (Fsp3) is 0.185. The lowest BCUT2D eigenvalue weighted by atomic mass is 10.0. The molecule has 1 aromatic heterocycles. The predicted molar refractivity (Wildman–Crippen MR) is 124 cm³/mol. The molecule has 0 unspecified atom stereocenters. The van der Waals surface area contributed by atoms with Crippen LogP contribution < -0.4 is 4.74 Å². The van der Waals surface area contributed by atoms with Gasteiger partial charge in [-0.3, -0.25) is 4.79 Å². The number of rotatable bonds is 7. The van der Waals surface area contributed by atoms with Gasteiger partial charge in [-0.25, -0.2) is 4.39 Å². The van der Waals surface area contributed by atoms with Gasteiger partial charge in [0.1, 0.15) is 17.3 Å². The molecule has 0 aliphatic heterocycles. The van der Waals surface area contributed by atoms with E-state index in [1.54, 1.807) is 48.4 Å². The molecule has 0 aliphatic rings. The third-order valence-electron chi connectivity index (χ3n) is 5.47. The average Bonchev–Trinajstić information content (AvgIpc) is 3.28. The first-order valence-electron chi connectivity index (χ1n) is 10.6. The lowest BCUT2D eigenvalue weighted by molar-refractivity contribution is 0.0726. The Morgan fingerprint density at radius 2 is 1.70 bits per heavy atom. The molecule has 0 saturated carbocycles. The number of carbonyl (C=O) groups excluding carboxylic acids is 1. The molecule has 0 fully saturated rings. The zero-order valence-corrected chi connectivity index (χ0v) is 18.8. The molecule has 0 radical (unpaired) electrons. The quantitative estimate of drug-likeness (QED) is 0.354. The lowest BCUT2D eigenvalue weighted by Gasteiger charge is -2.22. The Morgan fingerprint density at radius 3 is 2.36 bits per heavy atom. The predicted octanol–water partition coefficient (Wildman–Crippen LogP) is 5.95. The van der Waals surface area contributed by atoms with E-state index in [9.17, 15) is 9.18 Å². The zero-order valence-electron chi connectivity index (χ0n) is 18.8. The highest BCUT2D eigenvalue weighted by molar-refractivity contribution is 5.94. The first kappa shape index (κ1) is 22.3. The maximum absolute atomic E-state index is 13.4. The standard InChI is InChI=1S/C27H25FN2O3/c1-18-4-13-25(19(2)14-18)26-15-23(29-33-26)17-30(16-20-5-9-22(28)10-6-20)27(31)21-7-11-24(32-3)12-8-21/h4-15H,16-17H2,1-3H3. The molecule has 0 saturated heterocycles. The summed E-state index contributed by atoms with van der Waals surface area (Å²) in [7, 11) is 1.58. The third kappa shape index (κ3) is 5.29. The molecular weight excluding hydrogens is 419 g/mol. The minimum absolute atomic E-state index is 0.168. The van der Waals surface area contributed by atoms with E-state index in [2.05, 4.69) is 11.2 Å². The van der Waals surface area contributed by atoms with Crippen molar-refractivity contribution in [3.63, 3.8) is 0 Å². The number of carbonyl (C=O) groups is 1. The van der Waals surface area contributed by atoms with E-state index in [-0.39, 0.29) is 18.3 Å². The van der Waals surface area contributed by atoms with Gasteiger partial charge >= 0.3 is 0 Å². The monoisotopic (exact) mass is 444 g/mol. The van der Waals surface area contributed by atoms with Crippen molar-refractivity contribution in [1.29, 1.82) is 0 Å². The van der Waals surface area contributed by atoms with Crippen LogP contribution in [0.5, 0.6) is 5.75 Å². The summed E-state index contributed by atoms with van der Waals surface area (Å²) in [5.41, 5.74) is 5.20. The molecule has 3 aromatic carbocycles. The second-order valence-corrected chi connectivity index (χ2v) is 8.02. The minimum atomic E-state index is -0.318. The number of amides is 1. The van der Waals surface area contributed by atoms with Crippen molar-refractivity contribution in [2.24, 2.45) is 0 Å². The van der Waals surface area contributed by atoms with Crippen LogP contribution >= 0.6 is 0 Å². The van der Waals surface area contributed by atoms with Gasteiger partial charge in [0, 0.05) is 23.7 Å². The van der Waals surface area contributed by atoms with E-state index in [0.717, 1.165) is 16.7 Å². The molecule has 0 aliphatic carbocycles. The Balaban J connectivity index is 1.60. The molecule has 0 spiro atoms. The van der Waals surface area contributed by atoms with E-state index in [4.69, 9.17) is 9.26 Å². The Kier molecular flexibility index (Phi) is 6.54. The Bertz CT molecular complexity index is 1250. The van der Waals surface area contributed by atoms with E-state index < -0.39 is 0 Å². The van der Waals surface area contributed by atoms with Gasteiger partial charge < -0.3 is 14.2 Å². The van der Waals surface area contributed by atoms with E-state index in [1.807, 2.05) is 32.0 Å². The van der Waals surface area contributed by atoms with Crippen molar-refractivity contribution in [3.05, 3.63) is 107 Å². The fourth-order valence-corrected chi connectivity index (χ4v) is 3.72. The van der Waals surface area contributed by atoms with Crippen molar-refractivity contribution in [2.75, 3.05) is 7.11 Å². The highest BCUT2D eigenvalue weighted by Gasteiger charge is 2.20. The highest BCUT2D eigenvalue weighted by atomic mass is 19.1. The average molecular weight is 445 g/mol. The lowest BCUT2D eigenvalue weighted by Crippen LogP contribution is -2.30. The number of aromatic nitrogens is 1. The number of aryl methyl sites for hydroxylation is 2. The normalized spacial score (nSPS) is 10.8. The van der Waals surface area contributed by atoms with Crippen LogP contribution in [-0.2, 0) is 13.1 Å². The number of methoxy groups -OCH3 is 1. The topological polar surface area (TPSA) is 55.6 Å². The van der Waals surface area contributed by atoms with Gasteiger partial charge in [0.25, 0.3) is 5.91 Å². The van der Waals surface area contributed by atoms with Crippen LogP contribution in [0, 0.1) is 19.7 Å². The molecule has 0 atom stereocenters. The SMILES string of the molecule is COc1ccc(C(=O)N(Cc2ccc(F)cc2)Cc2cc(-c3ccc(C)cc3C)on2)cc1. The number of ether oxygens (including phenoxy) is 1. The van der Waals surface area contributed by atoms with Crippen LogP contribution in [0.2, 0.25) is 0 Å². The zero-order chi connectivity index (χ0) is 23.4. The summed E-state index contributed by atoms with van der Waals surface area (Å²) in [5, 5.41) is 4.21. The number of halogens is 1. The smallest absolute Gasteiger partial charge is 0.254 e. The van der Waals surface area contributed by atoms with Crippen molar-refractivity contribution in [2.45, 2.75) is 26.9 Å². The molecule has 4 rings (SSSR count). The molecule has 5 nitrogen and oxygen atoms in total. The number of benzene rings is 3. The summed E-state index contributed by atoms with van der Waals surface area (Å²) >= 11 is 0. The molecule has 1 heterocycles. The summed E-state index contributed by atoms with van der Waals surface area (Å²) in [4.78, 5) is 15.0. The summed E-state index contributed by atoms with van der Waals surface area (Å²) in [6.07, 6.45) is 0. The molecule has 6 heteroatoms. The fourth-order valence-electron chi connectivity index (χ4n) is 3.72. The second kappa shape index (κ2) is 9.69. The van der Waals surface area contributed by atoms with Crippen molar-refractivity contribution < 1.29 is 18.4 Å². The molecule has 4 aromatic rings. The van der Waals surface area contributed by atoms with Gasteiger partial charge in [0.15, 0.2) is 5.76 Å². The maximum Gasteiger partial charge on any atom is 0.254 e. The van der Waals surface area contributed by atoms with Crippen LogP contribution in [0.3, 0.4) is 0 Å². The summed E-state index contributed by atoms with van der Waals surface area (Å²) in [6.45, 7) is 4.62. The molecule has 33 heavy (non-hydrogen) atoms. The van der Waals surface area contributed by atoms with Crippen molar-refractivity contribution in [1.82, 2.24) is 10.1 Å². The van der Waals surface area contributed by atoms with Gasteiger partial charge in [0.05, 0.1) is 13.7 Å². The summed E-state index contributed by atoms with van der Waals surface area (Å²) in [5.74, 6) is 0.840. The van der Waals surface area contributed by atoms with Crippen molar-refractivity contribution in [3.8, 4) is 17.1 Å².